The van der Waals surface area contributed by atoms with Crippen LogP contribution in [-0.4, -0.2) is 38.5 Å². The van der Waals surface area contributed by atoms with Crippen LogP contribution in [0.3, 0.4) is 0 Å². The first kappa shape index (κ1) is 16.6. The predicted molar refractivity (Wildman–Crippen MR) is 104 cm³/mol. The van der Waals surface area contributed by atoms with E-state index in [9.17, 15) is 9.59 Å². The molecule has 0 unspecified atom stereocenters. The number of aromatic nitrogens is 4. The Balaban J connectivity index is 1.84. The Kier molecular flexibility index (Phi) is 3.54. The lowest BCUT2D eigenvalue weighted by Crippen LogP contribution is -2.11. The fourth-order valence-corrected chi connectivity index (χ4v) is 3.74. The molecule has 140 valence electrons. The second kappa shape index (κ2) is 5.97. The second-order valence-electron chi connectivity index (χ2n) is 6.97. The number of carbonyl (C=O) groups excluding carboxylic acids is 1. The maximum atomic E-state index is 12.3. The molecule has 3 aromatic heterocycles. The van der Waals surface area contributed by atoms with Crippen molar-refractivity contribution in [3.63, 3.8) is 0 Å². The number of imidazole rings is 1. The molecule has 1 atom stereocenters. The van der Waals surface area contributed by atoms with Gasteiger partial charge in [-0.2, -0.15) is 0 Å². The first-order valence-electron chi connectivity index (χ1n) is 8.99. The van der Waals surface area contributed by atoms with E-state index in [-0.39, 0.29) is 16.9 Å². The standard InChI is InChI=1S/C20H17N5O3/c1-10-2-5-13(26)15-17(10)25-19(24-15)14(18(21)27)16-20(25)23-12(8-22-16)4-3-11-6-7-28-9-11/h2,5,8,11,22-23H,6-7,9H2,1H3,(H2,21,27)/t11-/m0/s1. The Morgan fingerprint density at radius 1 is 1.43 bits per heavy atom. The molecule has 8 heteroatoms. The third-order valence-corrected chi connectivity index (χ3v) is 5.10. The van der Waals surface area contributed by atoms with Crippen molar-refractivity contribution in [1.29, 1.82) is 0 Å². The highest BCUT2D eigenvalue weighted by Crippen LogP contribution is 2.28. The molecule has 1 amide bonds. The quantitative estimate of drug-likeness (QED) is 0.436. The summed E-state index contributed by atoms with van der Waals surface area (Å²) in [6.45, 7) is 3.27. The highest BCUT2D eigenvalue weighted by Gasteiger charge is 2.23. The third-order valence-electron chi connectivity index (χ3n) is 5.10. The van der Waals surface area contributed by atoms with Crippen molar-refractivity contribution < 1.29 is 9.53 Å². The minimum atomic E-state index is -0.619. The Hall–Kier alpha value is -3.57. The van der Waals surface area contributed by atoms with E-state index >= 15 is 0 Å². The van der Waals surface area contributed by atoms with Crippen molar-refractivity contribution in [2.45, 2.75) is 13.3 Å². The summed E-state index contributed by atoms with van der Waals surface area (Å²) in [6, 6.07) is 3.22. The molecule has 0 radical (unpaired) electrons. The van der Waals surface area contributed by atoms with Crippen LogP contribution in [0.1, 0.15) is 28.0 Å². The first-order valence-corrected chi connectivity index (χ1v) is 8.99. The first-order chi connectivity index (χ1) is 13.5. The smallest absolute Gasteiger partial charge is 0.254 e. The van der Waals surface area contributed by atoms with Gasteiger partial charge in [0.15, 0.2) is 5.65 Å². The van der Waals surface area contributed by atoms with E-state index in [0.29, 0.717) is 40.1 Å². The Labute approximate surface area is 158 Å². The van der Waals surface area contributed by atoms with E-state index in [1.165, 1.54) is 6.07 Å². The van der Waals surface area contributed by atoms with Crippen molar-refractivity contribution in [2.24, 2.45) is 11.7 Å². The third kappa shape index (κ3) is 2.33. The lowest BCUT2D eigenvalue weighted by Gasteiger charge is -2.01. The molecular weight excluding hydrogens is 358 g/mol. The number of nitrogens with one attached hydrogen (secondary N) is 2. The molecule has 1 aromatic carbocycles. The van der Waals surface area contributed by atoms with Gasteiger partial charge < -0.3 is 20.4 Å². The van der Waals surface area contributed by atoms with Crippen molar-refractivity contribution in [1.82, 2.24) is 19.4 Å². The molecular formula is C20H17N5O3. The van der Waals surface area contributed by atoms with Gasteiger partial charge in [-0.05, 0) is 30.9 Å². The number of carbonyl (C=O) groups is 1. The van der Waals surface area contributed by atoms with Gasteiger partial charge in [0.2, 0.25) is 5.43 Å². The maximum absolute atomic E-state index is 12.3. The minimum absolute atomic E-state index is 0.200. The fraction of sp³-hybridized carbons (Fsp3) is 0.250. The molecule has 1 fully saturated rings. The average molecular weight is 375 g/mol. The van der Waals surface area contributed by atoms with Gasteiger partial charge in [-0.25, -0.2) is 4.98 Å². The van der Waals surface area contributed by atoms with Crippen LogP contribution in [0.15, 0.2) is 23.1 Å². The zero-order chi connectivity index (χ0) is 19.4. The predicted octanol–water partition coefficient (Wildman–Crippen LogP) is 1.45. The van der Waals surface area contributed by atoms with Gasteiger partial charge in [-0.1, -0.05) is 12.0 Å². The van der Waals surface area contributed by atoms with Crippen molar-refractivity contribution in [3.8, 4) is 11.8 Å². The molecule has 0 bridgehead atoms. The largest absolute Gasteiger partial charge is 0.380 e. The molecule has 0 spiro atoms. The summed E-state index contributed by atoms with van der Waals surface area (Å²) in [5, 5.41) is 0. The maximum Gasteiger partial charge on any atom is 0.254 e. The monoisotopic (exact) mass is 375 g/mol. The SMILES string of the molecule is Cc1ccc(=O)c2nc3c(C(N)=O)c4[nH]cc(C#C[C@H]5CCOC5)[nH]c4n3c12. The summed E-state index contributed by atoms with van der Waals surface area (Å²) in [6.07, 6.45) is 2.62. The molecule has 8 nitrogen and oxygen atoms in total. The van der Waals surface area contributed by atoms with Crippen LogP contribution in [0, 0.1) is 24.7 Å². The molecule has 0 saturated carbocycles. The van der Waals surface area contributed by atoms with Gasteiger partial charge in [-0.15, -0.1) is 0 Å². The lowest BCUT2D eigenvalue weighted by atomic mass is 10.1. The van der Waals surface area contributed by atoms with Gasteiger partial charge in [0.05, 0.1) is 17.6 Å². The molecule has 1 aliphatic heterocycles. The second-order valence-corrected chi connectivity index (χ2v) is 6.97. The van der Waals surface area contributed by atoms with E-state index < -0.39 is 5.91 Å². The summed E-state index contributed by atoms with van der Waals surface area (Å²) >= 11 is 0. The zero-order valence-corrected chi connectivity index (χ0v) is 15.1. The van der Waals surface area contributed by atoms with Crippen LogP contribution in [0.25, 0.3) is 27.8 Å². The number of hydrogen-bond acceptors (Lipinski definition) is 4. The molecule has 5 rings (SSSR count). The lowest BCUT2D eigenvalue weighted by molar-refractivity contribution is 0.100. The van der Waals surface area contributed by atoms with Gasteiger partial charge >= 0.3 is 0 Å². The molecule has 4 heterocycles. The summed E-state index contributed by atoms with van der Waals surface area (Å²) in [7, 11) is 0. The van der Waals surface area contributed by atoms with Crippen molar-refractivity contribution >= 4 is 33.8 Å². The normalized spacial score (nSPS) is 16.7. The number of rotatable bonds is 1. The van der Waals surface area contributed by atoms with Crippen LogP contribution >= 0.6 is 0 Å². The van der Waals surface area contributed by atoms with Crippen molar-refractivity contribution in [2.75, 3.05) is 13.2 Å². The number of benzene rings is 1. The Bertz CT molecular complexity index is 1390. The van der Waals surface area contributed by atoms with E-state index in [1.807, 2.05) is 6.92 Å². The van der Waals surface area contributed by atoms with Gasteiger partial charge in [-0.3, -0.25) is 14.0 Å². The number of amides is 1. The van der Waals surface area contributed by atoms with Crippen LogP contribution < -0.4 is 11.2 Å². The number of nitrogens with zero attached hydrogens (tertiary/aromatic N) is 2. The molecule has 1 aliphatic rings. The highest BCUT2D eigenvalue weighted by molar-refractivity contribution is 6.12. The van der Waals surface area contributed by atoms with Gasteiger partial charge in [0.25, 0.3) is 5.91 Å². The summed E-state index contributed by atoms with van der Waals surface area (Å²) in [5.41, 5.74) is 9.63. The van der Waals surface area contributed by atoms with Gasteiger partial charge in [0, 0.05) is 18.7 Å². The number of ether oxygens (including phenoxy) is 1. The number of primary amides is 1. The van der Waals surface area contributed by atoms with Crippen LogP contribution in [0.4, 0.5) is 0 Å². The van der Waals surface area contributed by atoms with E-state index in [1.54, 1.807) is 16.7 Å². The van der Waals surface area contributed by atoms with E-state index in [0.717, 1.165) is 18.6 Å². The van der Waals surface area contributed by atoms with Crippen LogP contribution in [0.2, 0.25) is 0 Å². The van der Waals surface area contributed by atoms with Crippen LogP contribution in [-0.2, 0) is 4.74 Å². The number of fused-ring (bicyclic) bond motifs is 5. The van der Waals surface area contributed by atoms with Crippen LogP contribution in [0.5, 0.6) is 0 Å². The molecule has 1 saturated heterocycles. The molecule has 28 heavy (non-hydrogen) atoms. The number of H-pyrrole nitrogens is 2. The number of nitrogens with two attached hydrogens (primary N) is 1. The summed E-state index contributed by atoms with van der Waals surface area (Å²) in [4.78, 5) is 35.2. The van der Waals surface area contributed by atoms with E-state index in [2.05, 4.69) is 26.8 Å². The van der Waals surface area contributed by atoms with Crippen molar-refractivity contribution in [3.05, 3.63) is 45.4 Å². The van der Waals surface area contributed by atoms with Gasteiger partial charge in [0.1, 0.15) is 22.4 Å². The van der Waals surface area contributed by atoms with E-state index in [4.69, 9.17) is 10.5 Å². The zero-order valence-electron chi connectivity index (χ0n) is 15.1. The Morgan fingerprint density at radius 2 is 2.29 bits per heavy atom. The number of aryl methyl sites for hydroxylation is 1. The number of hydrogen-bond donors (Lipinski definition) is 3. The summed E-state index contributed by atoms with van der Waals surface area (Å²) < 4.78 is 7.12. The molecule has 0 aliphatic carbocycles. The highest BCUT2D eigenvalue weighted by atomic mass is 16.5. The minimum Gasteiger partial charge on any atom is -0.380 e. The average Bonchev–Trinajstić information content (AvgIpc) is 3.37. The molecule has 4 N–H and O–H groups in total. The topological polar surface area (TPSA) is 118 Å². The number of aromatic amines is 2. The fourth-order valence-electron chi connectivity index (χ4n) is 3.74. The molecule has 4 aromatic rings. The summed E-state index contributed by atoms with van der Waals surface area (Å²) in [5.74, 6) is 5.91. The Morgan fingerprint density at radius 3 is 3.04 bits per heavy atom.